The van der Waals surface area contributed by atoms with Crippen molar-refractivity contribution in [3.8, 4) is 0 Å². The highest BCUT2D eigenvalue weighted by molar-refractivity contribution is 5.99. The molecule has 0 aromatic carbocycles. The lowest BCUT2D eigenvalue weighted by atomic mass is 9.43. The maximum absolute atomic E-state index is 13.9. The number of Topliss-reactive ketones (excluding diaryl/α,β-unsaturated/α-hetero) is 1. The average molecular weight is 626 g/mol. The second kappa shape index (κ2) is 12.0. The molecule has 8 nitrogen and oxygen atoms in total. The smallest absolute Gasteiger partial charge is 0.307 e. The van der Waals surface area contributed by atoms with E-state index in [1.54, 1.807) is 6.92 Å². The minimum absolute atomic E-state index is 0.0175. The molecule has 5 aliphatic rings. The van der Waals surface area contributed by atoms with Crippen LogP contribution in [0.15, 0.2) is 24.3 Å². The van der Waals surface area contributed by atoms with Crippen LogP contribution >= 0.6 is 0 Å². The van der Waals surface area contributed by atoms with Gasteiger partial charge in [0.05, 0.1) is 13.0 Å². The monoisotopic (exact) mass is 625 g/mol. The summed E-state index contributed by atoms with van der Waals surface area (Å²) in [5, 5.41) is 11.9. The van der Waals surface area contributed by atoms with E-state index >= 15 is 0 Å². The van der Waals surface area contributed by atoms with E-state index in [1.807, 2.05) is 19.9 Å². The lowest BCUT2D eigenvalue weighted by molar-refractivity contribution is -0.159. The second-order valence-electron chi connectivity index (χ2n) is 15.5. The van der Waals surface area contributed by atoms with Gasteiger partial charge in [0.15, 0.2) is 11.6 Å². The summed E-state index contributed by atoms with van der Waals surface area (Å²) in [7, 11) is 0. The molecule has 1 N–H and O–H groups in total. The van der Waals surface area contributed by atoms with Crippen molar-refractivity contribution in [2.45, 2.75) is 106 Å². The van der Waals surface area contributed by atoms with Crippen molar-refractivity contribution >= 4 is 23.5 Å². The van der Waals surface area contributed by atoms with Crippen LogP contribution in [0.4, 0.5) is 0 Å². The summed E-state index contributed by atoms with van der Waals surface area (Å²) < 4.78 is 11.4. The van der Waals surface area contributed by atoms with E-state index in [2.05, 4.69) is 38.3 Å². The number of rotatable bonds is 12. The summed E-state index contributed by atoms with van der Waals surface area (Å²) in [5.41, 5.74) is -0.346. The molecule has 0 heterocycles. The number of fused-ring (bicyclic) bond motifs is 2. The summed E-state index contributed by atoms with van der Waals surface area (Å²) in [6.45, 7) is 20.3. The van der Waals surface area contributed by atoms with Crippen LogP contribution in [0.2, 0.25) is 0 Å². The van der Waals surface area contributed by atoms with Crippen LogP contribution in [0.3, 0.4) is 0 Å². The van der Waals surface area contributed by atoms with Crippen LogP contribution in [-0.4, -0.2) is 72.0 Å². The van der Waals surface area contributed by atoms with Crippen LogP contribution < -0.4 is 0 Å². The Bertz CT molecular complexity index is 1270. The molecular weight excluding hydrogens is 570 g/mol. The van der Waals surface area contributed by atoms with Gasteiger partial charge in [0.1, 0.15) is 12.2 Å². The van der Waals surface area contributed by atoms with Crippen molar-refractivity contribution in [1.82, 2.24) is 4.90 Å². The lowest BCUT2D eigenvalue weighted by Crippen LogP contribution is -2.56. The number of hydrogen-bond acceptors (Lipinski definition) is 8. The Kier molecular flexibility index (Phi) is 9.11. The maximum atomic E-state index is 13.9. The number of ether oxygens (including phenoxy) is 2. The molecule has 0 saturated heterocycles. The van der Waals surface area contributed by atoms with Gasteiger partial charge < -0.3 is 19.5 Å². The van der Waals surface area contributed by atoms with Crippen molar-refractivity contribution < 1.29 is 33.8 Å². The molecule has 11 atom stereocenters. The highest BCUT2D eigenvalue weighted by atomic mass is 16.5. The Morgan fingerprint density at radius 1 is 1.13 bits per heavy atom. The van der Waals surface area contributed by atoms with Crippen molar-refractivity contribution in [1.29, 1.82) is 0 Å². The highest BCUT2D eigenvalue weighted by Gasteiger charge is 2.82. The molecule has 0 aromatic heterocycles. The summed E-state index contributed by atoms with van der Waals surface area (Å²) in [6.07, 6.45) is 7.79. The molecule has 250 valence electrons. The Hall–Kier alpha value is -2.32. The average Bonchev–Trinajstić information content (AvgIpc) is 3.61. The molecule has 0 amide bonds. The number of aliphatic hydroxyl groups excluding tert-OH is 1. The number of nitrogens with zero attached hydrogens (tertiary/aromatic N) is 1. The first-order chi connectivity index (χ1) is 21.1. The van der Waals surface area contributed by atoms with Crippen LogP contribution in [0, 0.1) is 51.2 Å². The third-order valence-electron chi connectivity index (χ3n) is 13.9. The Morgan fingerprint density at radius 3 is 2.47 bits per heavy atom. The largest absolute Gasteiger partial charge is 0.465 e. The van der Waals surface area contributed by atoms with Gasteiger partial charge in [-0.15, -0.1) is 0 Å². The van der Waals surface area contributed by atoms with Gasteiger partial charge in [-0.1, -0.05) is 54.2 Å². The van der Waals surface area contributed by atoms with Gasteiger partial charge in [-0.3, -0.25) is 19.2 Å². The molecule has 8 heteroatoms. The number of esters is 2. The van der Waals surface area contributed by atoms with Gasteiger partial charge in [0.25, 0.3) is 0 Å². The Morgan fingerprint density at radius 2 is 1.82 bits per heavy atom. The van der Waals surface area contributed by atoms with Crippen molar-refractivity contribution in [2.75, 3.05) is 26.2 Å². The molecule has 0 aliphatic heterocycles. The molecule has 0 aromatic rings. The number of allylic oxidation sites excluding steroid dienone is 2. The van der Waals surface area contributed by atoms with Crippen LogP contribution in [0.1, 0.15) is 93.4 Å². The van der Waals surface area contributed by atoms with E-state index in [4.69, 9.17) is 9.47 Å². The van der Waals surface area contributed by atoms with Gasteiger partial charge in [0.2, 0.25) is 0 Å². The maximum Gasteiger partial charge on any atom is 0.307 e. The zero-order valence-corrected chi connectivity index (χ0v) is 28.5. The number of ketones is 2. The van der Waals surface area contributed by atoms with Crippen LogP contribution in [0.25, 0.3) is 0 Å². The first-order valence-corrected chi connectivity index (χ1v) is 17.3. The normalized spacial score (nSPS) is 40.8. The quantitative estimate of drug-likeness (QED) is 0.229. The fourth-order valence-corrected chi connectivity index (χ4v) is 11.1. The highest BCUT2D eigenvalue weighted by Crippen LogP contribution is 2.87. The summed E-state index contributed by atoms with van der Waals surface area (Å²) >= 11 is 0. The SMILES string of the molecule is C=C(C(=O)[C@H](O)C1[C@@H](OC(C)=O)C[C@@]2(C)[C@@H]3CC[C@H]4[C@H](C)C(=O)C=C[C@@]45C[C@@]35CC[C@]12C)[C@@H](C)COC(=O)CCN(CC)CC. The minimum atomic E-state index is -1.39. The Balaban J connectivity index is 1.33. The second-order valence-corrected chi connectivity index (χ2v) is 15.5. The third-order valence-corrected chi connectivity index (χ3v) is 13.9. The summed E-state index contributed by atoms with van der Waals surface area (Å²) in [5.74, 6) is -1.26. The van der Waals surface area contributed by atoms with E-state index in [0.717, 1.165) is 45.2 Å². The lowest BCUT2D eigenvalue weighted by Gasteiger charge is -2.60. The number of hydrogen-bond donors (Lipinski definition) is 1. The molecule has 2 spiro atoms. The standard InChI is InChI=1S/C37H55NO7/c1-9-38(10-2)18-14-30(41)44-20-22(3)23(4)32(42)33(43)31-28(45-25(6)39)19-35(8)29-12-11-26-24(5)27(40)13-15-36(26)21-37(29,36)17-16-34(31,35)7/h13,15,22,24,26,28-29,31,33,43H,4,9-12,14,16-21H2,1-3,5-8H3/t22-,24-,26-,28-,29-,31?,33+,34+,35-,36+,37-/m0/s1. The molecule has 0 radical (unpaired) electrons. The van der Waals surface area contributed by atoms with Gasteiger partial charge in [-0.05, 0) is 96.8 Å². The third kappa shape index (κ3) is 5.17. The molecule has 45 heavy (non-hydrogen) atoms. The van der Waals surface area contributed by atoms with Gasteiger partial charge in [0, 0.05) is 31.2 Å². The van der Waals surface area contributed by atoms with Crippen molar-refractivity contribution in [3.63, 3.8) is 0 Å². The molecule has 5 aliphatic carbocycles. The number of carbonyl (C=O) groups excluding carboxylic acids is 4. The zero-order chi connectivity index (χ0) is 33.1. The van der Waals surface area contributed by atoms with Crippen LogP contribution in [0.5, 0.6) is 0 Å². The fraction of sp³-hybridized carbons (Fsp3) is 0.784. The van der Waals surface area contributed by atoms with Gasteiger partial charge in [-0.2, -0.15) is 0 Å². The van der Waals surface area contributed by atoms with E-state index in [9.17, 15) is 24.3 Å². The molecule has 5 rings (SSSR count). The summed E-state index contributed by atoms with van der Waals surface area (Å²) in [4.78, 5) is 53.4. The molecule has 4 fully saturated rings. The topological polar surface area (TPSA) is 110 Å². The van der Waals surface area contributed by atoms with Gasteiger partial charge >= 0.3 is 11.9 Å². The number of carbonyl (C=O) groups is 4. The predicted molar refractivity (Wildman–Crippen MR) is 171 cm³/mol. The molecule has 4 saturated carbocycles. The number of aliphatic hydroxyl groups is 1. The molecule has 0 bridgehead atoms. The first-order valence-electron chi connectivity index (χ1n) is 17.3. The van der Waals surface area contributed by atoms with Crippen LogP contribution in [-0.2, 0) is 28.7 Å². The van der Waals surface area contributed by atoms with E-state index < -0.39 is 41.2 Å². The fourth-order valence-electron chi connectivity index (χ4n) is 11.1. The predicted octanol–water partition coefficient (Wildman–Crippen LogP) is 5.32. The first kappa shape index (κ1) is 34.0. The molecular formula is C37H55NO7. The van der Waals surface area contributed by atoms with Crippen molar-refractivity contribution in [3.05, 3.63) is 24.3 Å². The van der Waals surface area contributed by atoms with E-state index in [0.29, 0.717) is 24.8 Å². The van der Waals surface area contributed by atoms with Gasteiger partial charge in [-0.25, -0.2) is 0 Å². The zero-order valence-electron chi connectivity index (χ0n) is 28.5. The van der Waals surface area contributed by atoms with E-state index in [1.165, 1.54) is 6.92 Å². The molecule has 1 unspecified atom stereocenters. The minimum Gasteiger partial charge on any atom is -0.465 e. The Labute approximate surface area is 269 Å². The van der Waals surface area contributed by atoms with Crippen molar-refractivity contribution in [2.24, 2.45) is 51.2 Å². The summed E-state index contributed by atoms with van der Waals surface area (Å²) in [6, 6.07) is 0. The van der Waals surface area contributed by atoms with E-state index in [-0.39, 0.29) is 52.5 Å².